The summed E-state index contributed by atoms with van der Waals surface area (Å²) in [5.74, 6) is -0.652. The highest BCUT2D eigenvalue weighted by atomic mass is 16.5. The minimum atomic E-state index is -1.09. The van der Waals surface area contributed by atoms with Gasteiger partial charge in [0.05, 0.1) is 51.8 Å². The molecule has 0 radical (unpaired) electrons. The quantitative estimate of drug-likeness (QED) is 0.0728. The molecule has 6 aromatic rings. The summed E-state index contributed by atoms with van der Waals surface area (Å²) in [5, 5.41) is 26.1. The van der Waals surface area contributed by atoms with Crippen molar-refractivity contribution in [2.75, 3.05) is 17.7 Å². The molecule has 16 nitrogen and oxygen atoms in total. The first-order valence-electron chi connectivity index (χ1n) is 16.7. The zero-order valence-corrected chi connectivity index (χ0v) is 29.2. The number of carbonyl (C=O) groups is 3. The number of benzene rings is 2. The lowest BCUT2D eigenvalue weighted by molar-refractivity contribution is 0.0600. The van der Waals surface area contributed by atoms with E-state index < -0.39 is 18.1 Å². The number of imidazole rings is 2. The second-order valence-electron chi connectivity index (χ2n) is 12.2. The number of hydrogen-bond acceptors (Lipinski definition) is 10. The van der Waals surface area contributed by atoms with E-state index >= 15 is 0 Å². The number of methoxy groups -OCH3 is 1. The van der Waals surface area contributed by atoms with Gasteiger partial charge < -0.3 is 30.0 Å². The minimum Gasteiger partial charge on any atom is -0.465 e. The molecule has 2 aromatic carbocycles. The molecule has 0 saturated carbocycles. The van der Waals surface area contributed by atoms with Crippen LogP contribution in [0.5, 0.6) is 0 Å². The summed E-state index contributed by atoms with van der Waals surface area (Å²) in [6.45, 7) is 9.64. The van der Waals surface area contributed by atoms with Gasteiger partial charge in [0.15, 0.2) is 6.23 Å². The van der Waals surface area contributed by atoms with Crippen molar-refractivity contribution in [3.8, 4) is 0 Å². The zero-order chi connectivity index (χ0) is 36.4. The molecule has 266 valence electrons. The normalized spacial score (nSPS) is 12.0. The molecule has 0 aliphatic carbocycles. The number of hydrogen-bond donors (Lipinski definition) is 4. The van der Waals surface area contributed by atoms with Crippen molar-refractivity contribution in [1.82, 2.24) is 38.7 Å². The maximum Gasteiger partial charge on any atom is 0.337 e. The smallest absolute Gasteiger partial charge is 0.337 e. The van der Waals surface area contributed by atoms with Gasteiger partial charge in [-0.2, -0.15) is 10.2 Å². The van der Waals surface area contributed by atoms with Gasteiger partial charge in [0, 0.05) is 31.7 Å². The molecule has 4 aromatic heterocycles. The van der Waals surface area contributed by atoms with Crippen molar-refractivity contribution in [2.24, 2.45) is 5.73 Å². The van der Waals surface area contributed by atoms with Gasteiger partial charge in [0.25, 0.3) is 5.91 Å². The molecule has 1 atom stereocenters. The summed E-state index contributed by atoms with van der Waals surface area (Å²) < 4.78 is 12.1. The van der Waals surface area contributed by atoms with Crippen LogP contribution in [0.25, 0.3) is 22.1 Å². The predicted octanol–water partition coefficient (Wildman–Crippen LogP) is 4.16. The number of nitrogens with two attached hydrogens (primary N) is 1. The van der Waals surface area contributed by atoms with Crippen LogP contribution in [-0.2, 0) is 30.9 Å². The van der Waals surface area contributed by atoms with Crippen molar-refractivity contribution in [3.05, 3.63) is 82.4 Å². The van der Waals surface area contributed by atoms with Crippen molar-refractivity contribution < 1.29 is 24.2 Å². The molecular formula is C35H41N11O5. The van der Waals surface area contributed by atoms with E-state index in [-0.39, 0.29) is 5.91 Å². The van der Waals surface area contributed by atoms with Crippen molar-refractivity contribution in [1.29, 1.82) is 0 Å². The Morgan fingerprint density at radius 3 is 2.02 bits per heavy atom. The van der Waals surface area contributed by atoms with Crippen LogP contribution in [0.1, 0.15) is 81.2 Å². The van der Waals surface area contributed by atoms with Crippen LogP contribution in [0.4, 0.5) is 11.9 Å². The Morgan fingerprint density at radius 2 is 1.39 bits per heavy atom. The molecule has 0 aliphatic rings. The molecule has 0 spiro atoms. The number of nitrogens with one attached hydrogen (secondary N) is 2. The highest BCUT2D eigenvalue weighted by Crippen LogP contribution is 2.27. The van der Waals surface area contributed by atoms with Gasteiger partial charge in [-0.1, -0.05) is 0 Å². The van der Waals surface area contributed by atoms with E-state index in [2.05, 4.69) is 20.8 Å². The van der Waals surface area contributed by atoms with Crippen LogP contribution in [0.2, 0.25) is 0 Å². The molecule has 0 saturated heterocycles. The number of primary amides is 1. The van der Waals surface area contributed by atoms with Crippen LogP contribution >= 0.6 is 0 Å². The fourth-order valence-corrected chi connectivity index (χ4v) is 6.23. The summed E-state index contributed by atoms with van der Waals surface area (Å²) in [5.41, 5.74) is 11.3. The lowest BCUT2D eigenvalue weighted by Crippen LogP contribution is -2.20. The van der Waals surface area contributed by atoms with Gasteiger partial charge in [-0.15, -0.1) is 0 Å². The Balaban J connectivity index is 1.27. The van der Waals surface area contributed by atoms with Crippen LogP contribution in [0.15, 0.2) is 48.5 Å². The van der Waals surface area contributed by atoms with Gasteiger partial charge in [0.1, 0.15) is 5.69 Å². The van der Waals surface area contributed by atoms with Gasteiger partial charge in [-0.25, -0.2) is 14.8 Å². The highest BCUT2D eigenvalue weighted by molar-refractivity contribution is 6.03. The van der Waals surface area contributed by atoms with Gasteiger partial charge in [0.2, 0.25) is 17.8 Å². The number of esters is 1. The van der Waals surface area contributed by atoms with E-state index in [1.165, 1.54) is 7.11 Å². The van der Waals surface area contributed by atoms with E-state index in [0.717, 1.165) is 22.4 Å². The summed E-state index contributed by atoms with van der Waals surface area (Å²) in [6.07, 6.45) is 0.222. The number of aryl methyl sites for hydroxylation is 6. The molecule has 0 aliphatic heterocycles. The SMILES string of the molecule is CCn1nc(C)cc1C(=O)Nc1nc2cc(C(=O)OC)ccc2n1CCCCn1c(NC(O)c2cc(C)nn2CC)nc2cc(C(N)=O)ccc21. The molecule has 5 N–H and O–H groups in total. The largest absolute Gasteiger partial charge is 0.465 e. The number of aliphatic hydroxyl groups excluding tert-OH is 1. The molecule has 0 fully saturated rings. The lowest BCUT2D eigenvalue weighted by Gasteiger charge is -2.17. The minimum absolute atomic E-state index is 0.327. The van der Waals surface area contributed by atoms with Crippen LogP contribution in [-0.4, -0.2) is 68.7 Å². The number of carbonyl (C=O) groups excluding carboxylic acids is 3. The predicted molar refractivity (Wildman–Crippen MR) is 190 cm³/mol. The Bertz CT molecular complexity index is 2260. The number of nitrogens with zero attached hydrogens (tertiary/aromatic N) is 8. The fourth-order valence-electron chi connectivity index (χ4n) is 6.23. The number of aromatic nitrogens is 8. The maximum absolute atomic E-state index is 13.4. The molecule has 16 heteroatoms. The molecule has 4 heterocycles. The maximum atomic E-state index is 13.4. The number of amides is 2. The lowest BCUT2D eigenvalue weighted by atomic mass is 10.2. The van der Waals surface area contributed by atoms with Crippen LogP contribution in [0, 0.1) is 13.8 Å². The van der Waals surface area contributed by atoms with Gasteiger partial charge >= 0.3 is 5.97 Å². The average Bonchev–Trinajstić information content (AvgIpc) is 3.87. The molecule has 0 bridgehead atoms. The van der Waals surface area contributed by atoms with Crippen molar-refractivity contribution in [3.63, 3.8) is 0 Å². The van der Waals surface area contributed by atoms with E-state index in [1.54, 1.807) is 51.8 Å². The number of ether oxygens (including phenoxy) is 1. The molecule has 51 heavy (non-hydrogen) atoms. The third-order valence-electron chi connectivity index (χ3n) is 8.65. The highest BCUT2D eigenvalue weighted by Gasteiger charge is 2.21. The number of anilines is 2. The molecule has 1 unspecified atom stereocenters. The Hall–Kier alpha value is -6.03. The second-order valence-corrected chi connectivity index (χ2v) is 12.2. The Morgan fingerprint density at radius 1 is 0.824 bits per heavy atom. The fraction of sp³-hybridized carbons (Fsp3) is 0.343. The monoisotopic (exact) mass is 695 g/mol. The number of unbranched alkanes of at least 4 members (excludes halogenated alkanes) is 1. The Labute approximate surface area is 293 Å². The van der Waals surface area contributed by atoms with E-state index in [9.17, 15) is 19.5 Å². The summed E-state index contributed by atoms with van der Waals surface area (Å²) in [7, 11) is 1.32. The van der Waals surface area contributed by atoms with E-state index in [4.69, 9.17) is 20.4 Å². The number of fused-ring (bicyclic) bond motifs is 2. The third-order valence-corrected chi connectivity index (χ3v) is 8.65. The summed E-state index contributed by atoms with van der Waals surface area (Å²) in [4.78, 5) is 47.0. The van der Waals surface area contributed by atoms with Crippen molar-refractivity contribution in [2.45, 2.75) is 72.9 Å². The van der Waals surface area contributed by atoms with Crippen LogP contribution < -0.4 is 16.4 Å². The standard InChI is InChI=1S/C35H41N11O5/c1-6-45-28(16-20(3)41-45)31(48)39-34-37-24-18-22(30(36)47)10-12-26(24)43(34)14-8-9-15-44-27-13-11-23(33(50)51-5)19-25(27)38-35(44)40-32(49)29-17-21(4)42-46(29)7-2/h10-13,16-19,31,48H,6-9,14-15H2,1-5H3,(H2,36,47)(H,37,39)(H,38,40,49). The summed E-state index contributed by atoms with van der Waals surface area (Å²) >= 11 is 0. The zero-order valence-electron chi connectivity index (χ0n) is 29.2. The second kappa shape index (κ2) is 14.4. The van der Waals surface area contributed by atoms with Crippen LogP contribution in [0.3, 0.4) is 0 Å². The van der Waals surface area contributed by atoms with E-state index in [1.807, 2.05) is 42.9 Å². The molecular weight excluding hydrogens is 654 g/mol. The Kier molecular flexibility index (Phi) is 9.86. The van der Waals surface area contributed by atoms with Gasteiger partial charge in [-0.05, 0) is 89.1 Å². The first kappa shape index (κ1) is 34.8. The van der Waals surface area contributed by atoms with Crippen molar-refractivity contribution >= 4 is 51.7 Å². The van der Waals surface area contributed by atoms with E-state index in [0.29, 0.717) is 84.5 Å². The summed E-state index contributed by atoms with van der Waals surface area (Å²) in [6, 6.07) is 13.7. The first-order chi connectivity index (χ1) is 24.5. The third kappa shape index (κ3) is 7.03. The number of aliphatic hydroxyl groups is 1. The molecule has 2 amide bonds. The molecule has 6 rings (SSSR count). The average molecular weight is 696 g/mol. The topological polar surface area (TPSA) is 202 Å². The number of rotatable bonds is 14. The van der Waals surface area contributed by atoms with Gasteiger partial charge in [-0.3, -0.25) is 24.3 Å². The first-order valence-corrected chi connectivity index (χ1v) is 16.7.